The van der Waals surface area contributed by atoms with E-state index in [1.807, 2.05) is 0 Å². The molecular weight excluding hydrogens is 407 g/mol. The second-order valence-corrected chi connectivity index (χ2v) is 7.69. The van der Waals surface area contributed by atoms with Crippen LogP contribution in [-0.2, 0) is 23.4 Å². The van der Waals surface area contributed by atoms with Crippen LogP contribution < -0.4 is 10.9 Å². The van der Waals surface area contributed by atoms with Crippen molar-refractivity contribution in [3.63, 3.8) is 0 Å². The number of aromatic nitrogens is 5. The van der Waals surface area contributed by atoms with E-state index in [0.29, 0.717) is 23.6 Å². The van der Waals surface area contributed by atoms with Crippen molar-refractivity contribution in [1.29, 1.82) is 0 Å². The molecule has 31 heavy (non-hydrogen) atoms. The third-order valence-electron chi connectivity index (χ3n) is 5.11. The smallest absolute Gasteiger partial charge is 0.296 e. The highest BCUT2D eigenvalue weighted by atomic mass is 19.1. The number of halogens is 1. The van der Waals surface area contributed by atoms with Gasteiger partial charge in [0, 0.05) is 6.54 Å². The first-order chi connectivity index (χ1) is 14.7. The third kappa shape index (κ3) is 3.67. The van der Waals surface area contributed by atoms with E-state index in [4.69, 9.17) is 4.74 Å². The molecule has 4 rings (SSSR count). The fraction of sp³-hybridized carbons (Fsp3) is 0.350. The molecule has 3 heterocycles. The standard InChI is InChI=1S/C20H21FN6O4/c1-11-9-23-25-27(11)14-8-13(21)5-4-12(14)10-22-17(29)15-16(28)18(30)26-6-7-31-20(2,3)19(26)24-15/h4-5,8-9,28H,6-7,10H2,1-3H3,(H,22,29). The lowest BCUT2D eigenvalue weighted by Gasteiger charge is -2.32. The Hall–Kier alpha value is -3.60. The molecule has 0 bridgehead atoms. The van der Waals surface area contributed by atoms with E-state index in [-0.39, 0.29) is 18.9 Å². The summed E-state index contributed by atoms with van der Waals surface area (Å²) in [7, 11) is 0. The Morgan fingerprint density at radius 1 is 1.39 bits per heavy atom. The average molecular weight is 428 g/mol. The number of hydrogen-bond donors (Lipinski definition) is 2. The molecule has 3 aromatic rings. The number of benzene rings is 1. The maximum atomic E-state index is 13.8. The molecule has 0 spiro atoms. The molecule has 0 unspecified atom stereocenters. The van der Waals surface area contributed by atoms with Gasteiger partial charge in [-0.3, -0.25) is 14.2 Å². The van der Waals surface area contributed by atoms with Crippen LogP contribution in [0.1, 0.15) is 41.4 Å². The molecule has 1 aliphatic heterocycles. The molecule has 1 aliphatic rings. The first-order valence-corrected chi connectivity index (χ1v) is 9.61. The van der Waals surface area contributed by atoms with Crippen LogP contribution in [0.5, 0.6) is 5.75 Å². The molecule has 10 nitrogen and oxygen atoms in total. The van der Waals surface area contributed by atoms with Gasteiger partial charge < -0.3 is 15.2 Å². The van der Waals surface area contributed by atoms with Crippen molar-refractivity contribution >= 4 is 5.91 Å². The largest absolute Gasteiger partial charge is 0.501 e. The van der Waals surface area contributed by atoms with Crippen molar-refractivity contribution < 1.29 is 19.0 Å². The lowest BCUT2D eigenvalue weighted by atomic mass is 10.1. The van der Waals surface area contributed by atoms with E-state index in [1.54, 1.807) is 20.8 Å². The van der Waals surface area contributed by atoms with Crippen molar-refractivity contribution in [2.75, 3.05) is 6.61 Å². The predicted molar refractivity (Wildman–Crippen MR) is 106 cm³/mol. The van der Waals surface area contributed by atoms with Gasteiger partial charge in [0.05, 0.1) is 30.7 Å². The van der Waals surface area contributed by atoms with Gasteiger partial charge in [-0.1, -0.05) is 11.3 Å². The Balaban J connectivity index is 1.65. The highest BCUT2D eigenvalue weighted by Gasteiger charge is 2.34. The molecule has 0 atom stereocenters. The number of nitrogens with zero attached hydrogens (tertiary/aromatic N) is 5. The molecule has 2 N–H and O–H groups in total. The minimum Gasteiger partial charge on any atom is -0.501 e. The first-order valence-electron chi connectivity index (χ1n) is 9.61. The first kappa shape index (κ1) is 20.7. The second kappa shape index (κ2) is 7.58. The fourth-order valence-corrected chi connectivity index (χ4v) is 3.49. The van der Waals surface area contributed by atoms with E-state index in [9.17, 15) is 19.1 Å². The maximum absolute atomic E-state index is 13.8. The minimum atomic E-state index is -0.894. The molecule has 0 saturated heterocycles. The van der Waals surface area contributed by atoms with Gasteiger partial charge in [-0.2, -0.15) is 0 Å². The van der Waals surface area contributed by atoms with E-state index >= 15 is 0 Å². The minimum absolute atomic E-state index is 0.0207. The van der Waals surface area contributed by atoms with Crippen LogP contribution in [0.2, 0.25) is 0 Å². The Kier molecular flexibility index (Phi) is 5.05. The Morgan fingerprint density at radius 2 is 2.16 bits per heavy atom. The van der Waals surface area contributed by atoms with Crippen molar-refractivity contribution in [3.8, 4) is 11.4 Å². The van der Waals surface area contributed by atoms with Crippen LogP contribution in [0, 0.1) is 12.7 Å². The Bertz CT molecular complexity index is 1230. The normalized spacial score (nSPS) is 14.8. The molecule has 1 amide bonds. The van der Waals surface area contributed by atoms with E-state index < -0.39 is 34.3 Å². The van der Waals surface area contributed by atoms with E-state index in [1.165, 1.54) is 33.6 Å². The van der Waals surface area contributed by atoms with Gasteiger partial charge in [-0.15, -0.1) is 5.10 Å². The molecule has 1 aromatic carbocycles. The molecule has 162 valence electrons. The number of amides is 1. The zero-order valence-electron chi connectivity index (χ0n) is 17.2. The van der Waals surface area contributed by atoms with Crippen molar-refractivity contribution in [1.82, 2.24) is 29.9 Å². The third-order valence-corrected chi connectivity index (χ3v) is 5.11. The van der Waals surface area contributed by atoms with Gasteiger partial charge in [0.25, 0.3) is 11.5 Å². The number of nitrogens with one attached hydrogen (secondary N) is 1. The zero-order valence-corrected chi connectivity index (χ0v) is 17.2. The maximum Gasteiger partial charge on any atom is 0.296 e. The van der Waals surface area contributed by atoms with Gasteiger partial charge in [-0.05, 0) is 38.5 Å². The van der Waals surface area contributed by atoms with Crippen LogP contribution in [0.25, 0.3) is 5.69 Å². The van der Waals surface area contributed by atoms with Crippen LogP contribution in [-0.4, -0.2) is 42.2 Å². The lowest BCUT2D eigenvalue weighted by Crippen LogP contribution is -2.42. The second-order valence-electron chi connectivity index (χ2n) is 7.69. The average Bonchev–Trinajstić information content (AvgIpc) is 3.15. The van der Waals surface area contributed by atoms with Crippen LogP contribution in [0.3, 0.4) is 0 Å². The lowest BCUT2D eigenvalue weighted by molar-refractivity contribution is -0.0566. The van der Waals surface area contributed by atoms with Gasteiger partial charge in [0.1, 0.15) is 17.2 Å². The molecule has 0 radical (unpaired) electrons. The molecule has 0 saturated carbocycles. The van der Waals surface area contributed by atoms with Gasteiger partial charge >= 0.3 is 0 Å². The van der Waals surface area contributed by atoms with Crippen molar-refractivity contribution in [3.05, 3.63) is 63.3 Å². The number of rotatable bonds is 4. The highest BCUT2D eigenvalue weighted by Crippen LogP contribution is 2.27. The highest BCUT2D eigenvalue weighted by molar-refractivity contribution is 5.94. The molecule has 2 aromatic heterocycles. The molecular formula is C20H21FN6O4. The number of aryl methyl sites for hydroxylation is 1. The number of carbonyl (C=O) groups is 1. The summed E-state index contributed by atoms with van der Waals surface area (Å²) in [6, 6.07) is 4.06. The SMILES string of the molecule is Cc1cnnn1-c1cc(F)ccc1CNC(=O)c1nc2n(c(=O)c1O)CCOC2(C)C. The molecule has 0 aliphatic carbocycles. The fourth-order valence-electron chi connectivity index (χ4n) is 3.49. The van der Waals surface area contributed by atoms with Crippen molar-refractivity contribution in [2.45, 2.75) is 39.5 Å². The van der Waals surface area contributed by atoms with E-state index in [0.717, 1.165) is 0 Å². The van der Waals surface area contributed by atoms with Gasteiger partial charge in [0.15, 0.2) is 5.69 Å². The topological polar surface area (TPSA) is 124 Å². The number of carbonyl (C=O) groups excluding carboxylic acids is 1. The van der Waals surface area contributed by atoms with Gasteiger partial charge in [-0.25, -0.2) is 14.1 Å². The summed E-state index contributed by atoms with van der Waals surface area (Å²) in [4.78, 5) is 29.6. The van der Waals surface area contributed by atoms with Crippen LogP contribution >= 0.6 is 0 Å². The number of ether oxygens (including phenoxy) is 1. The molecule has 0 fully saturated rings. The molecule has 11 heteroatoms. The number of fused-ring (bicyclic) bond motifs is 1. The summed E-state index contributed by atoms with van der Waals surface area (Å²) in [6.45, 7) is 5.73. The summed E-state index contributed by atoms with van der Waals surface area (Å²) < 4.78 is 22.2. The Morgan fingerprint density at radius 3 is 2.87 bits per heavy atom. The monoisotopic (exact) mass is 428 g/mol. The summed E-state index contributed by atoms with van der Waals surface area (Å²) >= 11 is 0. The predicted octanol–water partition coefficient (Wildman–Crippen LogP) is 1.17. The van der Waals surface area contributed by atoms with E-state index in [2.05, 4.69) is 20.6 Å². The summed E-state index contributed by atoms with van der Waals surface area (Å²) in [6.07, 6.45) is 1.53. The number of hydrogen-bond acceptors (Lipinski definition) is 7. The Labute approximate surface area is 176 Å². The van der Waals surface area contributed by atoms with Crippen molar-refractivity contribution in [2.24, 2.45) is 0 Å². The zero-order chi connectivity index (χ0) is 22.3. The number of aromatic hydroxyl groups is 1. The summed E-state index contributed by atoms with van der Waals surface area (Å²) in [5, 5.41) is 20.7. The quantitative estimate of drug-likeness (QED) is 0.639. The van der Waals surface area contributed by atoms with Crippen LogP contribution in [0.15, 0.2) is 29.2 Å². The van der Waals surface area contributed by atoms with Crippen LogP contribution in [0.4, 0.5) is 4.39 Å². The summed E-state index contributed by atoms with van der Waals surface area (Å²) in [5.41, 5.74) is -0.340. The van der Waals surface area contributed by atoms with Gasteiger partial charge in [0.2, 0.25) is 5.75 Å². The summed E-state index contributed by atoms with van der Waals surface area (Å²) in [5.74, 6) is -1.69.